The van der Waals surface area contributed by atoms with Crippen LogP contribution < -0.4 is 20.3 Å². The van der Waals surface area contributed by atoms with Crippen LogP contribution in [-0.2, 0) is 6.54 Å². The van der Waals surface area contributed by atoms with E-state index < -0.39 is 0 Å². The number of carbonyl (C=O) groups is 1. The molecule has 232 valence electrons. The van der Waals surface area contributed by atoms with Gasteiger partial charge in [-0.2, -0.15) is 10.4 Å². The van der Waals surface area contributed by atoms with Crippen molar-refractivity contribution in [1.29, 1.82) is 5.26 Å². The Labute approximate surface area is 266 Å². The van der Waals surface area contributed by atoms with E-state index in [1.165, 1.54) is 13.3 Å². The molecule has 1 aliphatic rings. The summed E-state index contributed by atoms with van der Waals surface area (Å²) in [4.78, 5) is 37.6. The summed E-state index contributed by atoms with van der Waals surface area (Å²) in [6, 6.07) is 15.9. The number of hydrogen-bond donors (Lipinski definition) is 3. The fourth-order valence-electron chi connectivity index (χ4n) is 5.57. The molecule has 0 radical (unpaired) electrons. The van der Waals surface area contributed by atoms with E-state index >= 15 is 0 Å². The second kappa shape index (κ2) is 13.8. The summed E-state index contributed by atoms with van der Waals surface area (Å²) in [5, 5.41) is 23.1. The number of ether oxygens (including phenoxy) is 1. The van der Waals surface area contributed by atoms with Gasteiger partial charge in [-0.25, -0.2) is 29.7 Å². The fourth-order valence-corrected chi connectivity index (χ4v) is 5.57. The first-order valence-electron chi connectivity index (χ1n) is 15.0. The Bertz CT molecular complexity index is 1810. The van der Waals surface area contributed by atoms with E-state index in [0.29, 0.717) is 35.6 Å². The Hall–Kier alpha value is -5.90. The maximum absolute atomic E-state index is 13.7. The third-order valence-electron chi connectivity index (χ3n) is 8.03. The molecule has 1 aromatic carbocycles. The molecule has 4 heterocycles. The Kier molecular flexibility index (Phi) is 9.05. The Balaban J connectivity index is 1.17. The number of urea groups is 1. The zero-order valence-electron chi connectivity index (χ0n) is 25.5. The smallest absolute Gasteiger partial charge is 0.323 e. The van der Waals surface area contributed by atoms with Gasteiger partial charge in [-0.05, 0) is 50.3 Å². The van der Waals surface area contributed by atoms with Crippen molar-refractivity contribution in [3.63, 3.8) is 0 Å². The minimum atomic E-state index is -0.205. The lowest BCUT2D eigenvalue weighted by atomic mass is 9.90. The number of benzene rings is 1. The SMILES string of the molecule is COc1ncc(-c2ccc(N(C(=O)NCc3ccccc3)[C@H]3CC[C@H](Nc4ncc(C#N)c(-c5cn[nH]c5C)n4)CC3)nc2)cn1. The van der Waals surface area contributed by atoms with Crippen molar-refractivity contribution < 1.29 is 9.53 Å². The number of aromatic amines is 1. The van der Waals surface area contributed by atoms with Gasteiger partial charge in [0.25, 0.3) is 0 Å². The average molecular weight is 616 g/mol. The van der Waals surface area contributed by atoms with E-state index in [-0.39, 0.29) is 18.1 Å². The van der Waals surface area contributed by atoms with Gasteiger partial charge in [-0.1, -0.05) is 30.3 Å². The van der Waals surface area contributed by atoms with Crippen LogP contribution in [0.1, 0.15) is 42.5 Å². The van der Waals surface area contributed by atoms with Crippen LogP contribution in [0.4, 0.5) is 16.6 Å². The van der Waals surface area contributed by atoms with Gasteiger partial charge >= 0.3 is 12.0 Å². The summed E-state index contributed by atoms with van der Waals surface area (Å²) in [7, 11) is 1.52. The molecule has 0 spiro atoms. The average Bonchev–Trinajstić information content (AvgIpc) is 3.54. The molecule has 1 aliphatic carbocycles. The topological polar surface area (TPSA) is 171 Å². The Morgan fingerprint density at radius 2 is 1.74 bits per heavy atom. The molecule has 6 rings (SSSR count). The van der Waals surface area contributed by atoms with Gasteiger partial charge in [0.2, 0.25) is 5.95 Å². The molecule has 0 atom stereocenters. The van der Waals surface area contributed by atoms with Gasteiger partial charge in [0.05, 0.1) is 30.8 Å². The highest BCUT2D eigenvalue weighted by atomic mass is 16.5. The number of amides is 2. The largest absolute Gasteiger partial charge is 0.467 e. The molecule has 4 aromatic heterocycles. The van der Waals surface area contributed by atoms with E-state index in [1.54, 1.807) is 29.7 Å². The van der Waals surface area contributed by atoms with Crippen molar-refractivity contribution in [2.45, 2.75) is 51.2 Å². The number of anilines is 2. The number of nitriles is 1. The predicted molar refractivity (Wildman–Crippen MR) is 172 cm³/mol. The highest BCUT2D eigenvalue weighted by Gasteiger charge is 2.31. The van der Waals surface area contributed by atoms with Crippen LogP contribution in [0.2, 0.25) is 0 Å². The molecule has 13 nitrogen and oxygen atoms in total. The number of nitrogens with zero attached hydrogens (tertiary/aromatic N) is 8. The highest BCUT2D eigenvalue weighted by Crippen LogP contribution is 2.30. The third kappa shape index (κ3) is 6.76. The number of pyridine rings is 1. The van der Waals surface area contributed by atoms with E-state index in [0.717, 1.165) is 53.6 Å². The van der Waals surface area contributed by atoms with Gasteiger partial charge in [0.1, 0.15) is 11.9 Å². The number of aromatic nitrogens is 7. The molecule has 13 heteroatoms. The van der Waals surface area contributed by atoms with Gasteiger partial charge in [0.15, 0.2) is 0 Å². The summed E-state index contributed by atoms with van der Waals surface area (Å²) in [5.74, 6) is 1.02. The van der Waals surface area contributed by atoms with E-state index in [4.69, 9.17) is 9.72 Å². The van der Waals surface area contributed by atoms with Crippen LogP contribution in [0.15, 0.2) is 73.4 Å². The second-order valence-electron chi connectivity index (χ2n) is 11.0. The van der Waals surface area contributed by atoms with Crippen LogP contribution in [0.25, 0.3) is 22.4 Å². The molecular formula is C33H33N11O2. The number of H-pyrrole nitrogens is 1. The van der Waals surface area contributed by atoms with Crippen molar-refractivity contribution in [3.8, 4) is 34.5 Å². The lowest BCUT2D eigenvalue weighted by molar-refractivity contribution is 0.240. The molecule has 0 bridgehead atoms. The van der Waals surface area contributed by atoms with Crippen LogP contribution >= 0.6 is 0 Å². The zero-order valence-corrected chi connectivity index (χ0v) is 25.5. The quantitative estimate of drug-likeness (QED) is 0.204. The van der Waals surface area contributed by atoms with E-state index in [2.05, 4.69) is 46.8 Å². The standard InChI is InChI=1S/C33H33N11O2/c1-21-28(20-40-43-21)30-24(14-34)17-36-31(42-30)41-26-9-11-27(12-10-26)44(33(45)39-15-22-6-4-3-5-7-22)29-13-8-23(16-35-29)25-18-37-32(46-2)38-19-25/h3-8,13,16-20,26-27H,9-12,15H2,1-2H3,(H,39,45)(H,40,43)(H,36,41,42)/t26-,27-. The minimum absolute atomic E-state index is 0.0671. The van der Waals surface area contributed by atoms with Gasteiger partial charge in [-0.15, -0.1) is 0 Å². The van der Waals surface area contributed by atoms with Crippen LogP contribution in [0.5, 0.6) is 6.01 Å². The second-order valence-corrected chi connectivity index (χ2v) is 11.0. The first-order chi connectivity index (χ1) is 22.5. The number of carbonyl (C=O) groups excluding carboxylic acids is 1. The van der Waals surface area contributed by atoms with Crippen molar-refractivity contribution in [1.82, 2.24) is 40.4 Å². The maximum Gasteiger partial charge on any atom is 0.323 e. The van der Waals surface area contributed by atoms with Crippen LogP contribution in [-0.4, -0.2) is 60.3 Å². The van der Waals surface area contributed by atoms with Gasteiger partial charge in [0, 0.05) is 59.6 Å². The van der Waals surface area contributed by atoms with Crippen LogP contribution in [0.3, 0.4) is 0 Å². The number of nitrogens with one attached hydrogen (secondary N) is 3. The predicted octanol–water partition coefficient (Wildman–Crippen LogP) is 5.05. The zero-order chi connectivity index (χ0) is 31.9. The fraction of sp³-hybridized carbons (Fsp3) is 0.273. The van der Waals surface area contributed by atoms with Crippen LogP contribution in [0, 0.1) is 18.3 Å². The number of hydrogen-bond acceptors (Lipinski definition) is 10. The summed E-state index contributed by atoms with van der Waals surface area (Å²) < 4.78 is 5.06. The monoisotopic (exact) mass is 615 g/mol. The molecule has 46 heavy (non-hydrogen) atoms. The maximum atomic E-state index is 13.7. The molecule has 0 aliphatic heterocycles. The molecule has 1 fully saturated rings. The molecule has 1 saturated carbocycles. The number of methoxy groups -OCH3 is 1. The molecule has 0 saturated heterocycles. The van der Waals surface area contributed by atoms with Crippen molar-refractivity contribution in [2.75, 3.05) is 17.3 Å². The normalized spacial score (nSPS) is 15.8. The van der Waals surface area contributed by atoms with Gasteiger partial charge in [-0.3, -0.25) is 10.00 Å². The Morgan fingerprint density at radius 3 is 2.39 bits per heavy atom. The molecule has 0 unspecified atom stereocenters. The number of rotatable bonds is 9. The molecule has 2 amide bonds. The van der Waals surface area contributed by atoms with Crippen molar-refractivity contribution in [2.24, 2.45) is 0 Å². The summed E-state index contributed by atoms with van der Waals surface area (Å²) in [6.07, 6.45) is 11.4. The first kappa shape index (κ1) is 30.1. The summed E-state index contributed by atoms with van der Waals surface area (Å²) in [5.41, 5.74) is 5.15. The van der Waals surface area contributed by atoms with Gasteiger partial charge < -0.3 is 15.4 Å². The molecular weight excluding hydrogens is 582 g/mol. The molecule has 3 N–H and O–H groups in total. The third-order valence-corrected chi connectivity index (χ3v) is 8.03. The summed E-state index contributed by atoms with van der Waals surface area (Å²) >= 11 is 0. The minimum Gasteiger partial charge on any atom is -0.467 e. The number of aryl methyl sites for hydroxylation is 1. The lowest BCUT2D eigenvalue weighted by Gasteiger charge is -2.36. The highest BCUT2D eigenvalue weighted by molar-refractivity contribution is 5.91. The van der Waals surface area contributed by atoms with Crippen molar-refractivity contribution in [3.05, 3.63) is 90.3 Å². The lowest BCUT2D eigenvalue weighted by Crippen LogP contribution is -2.49. The van der Waals surface area contributed by atoms with E-state index in [1.807, 2.05) is 49.4 Å². The first-order valence-corrected chi connectivity index (χ1v) is 15.0. The van der Waals surface area contributed by atoms with E-state index in [9.17, 15) is 10.1 Å². The summed E-state index contributed by atoms with van der Waals surface area (Å²) in [6.45, 7) is 2.29. The van der Waals surface area contributed by atoms with Crippen molar-refractivity contribution >= 4 is 17.8 Å². The molecule has 5 aromatic rings. The Morgan fingerprint density at radius 1 is 0.978 bits per heavy atom.